The van der Waals surface area contributed by atoms with Crippen molar-refractivity contribution in [2.45, 2.75) is 33.1 Å². The van der Waals surface area contributed by atoms with Crippen LogP contribution < -0.4 is 5.32 Å². The second-order valence-electron chi connectivity index (χ2n) is 5.70. The monoisotopic (exact) mass is 292 g/mol. The molecular formula is C15H24N4O2. The van der Waals surface area contributed by atoms with Gasteiger partial charge in [-0.25, -0.2) is 9.97 Å². The maximum Gasteiger partial charge on any atom is 0.306 e. The summed E-state index contributed by atoms with van der Waals surface area (Å²) in [5.41, 5.74) is 2.10. The highest BCUT2D eigenvalue weighted by molar-refractivity contribution is 5.70. The summed E-state index contributed by atoms with van der Waals surface area (Å²) < 4.78 is 0. The van der Waals surface area contributed by atoms with Crippen molar-refractivity contribution in [2.24, 2.45) is 5.92 Å². The fraction of sp³-hybridized carbons (Fsp3) is 0.667. The number of aliphatic carboxylic acids is 1. The third-order valence-corrected chi connectivity index (χ3v) is 4.10. The SMILES string of the molecule is Cc1cnc(NCCCN2CCC(C(=O)O)CC2)nc1C. The predicted octanol–water partition coefficient (Wildman–Crippen LogP) is 1.69. The maximum absolute atomic E-state index is 10.9. The zero-order chi connectivity index (χ0) is 15.2. The van der Waals surface area contributed by atoms with E-state index in [2.05, 4.69) is 20.2 Å². The van der Waals surface area contributed by atoms with Crippen molar-refractivity contribution in [3.8, 4) is 0 Å². The van der Waals surface area contributed by atoms with Gasteiger partial charge in [0.2, 0.25) is 5.95 Å². The number of likely N-dealkylation sites (tertiary alicyclic amines) is 1. The van der Waals surface area contributed by atoms with Gasteiger partial charge in [0.15, 0.2) is 0 Å². The van der Waals surface area contributed by atoms with Gasteiger partial charge in [0.25, 0.3) is 0 Å². The zero-order valence-corrected chi connectivity index (χ0v) is 12.8. The van der Waals surface area contributed by atoms with Crippen LogP contribution in [-0.4, -0.2) is 52.1 Å². The molecule has 0 saturated carbocycles. The number of carboxylic acid groups (broad SMARTS) is 1. The Morgan fingerprint density at radius 3 is 2.76 bits per heavy atom. The Balaban J connectivity index is 1.64. The fourth-order valence-corrected chi connectivity index (χ4v) is 2.52. The van der Waals surface area contributed by atoms with Gasteiger partial charge >= 0.3 is 5.97 Å². The number of aromatic nitrogens is 2. The van der Waals surface area contributed by atoms with Crippen LogP contribution in [0.5, 0.6) is 0 Å². The van der Waals surface area contributed by atoms with E-state index in [4.69, 9.17) is 5.11 Å². The van der Waals surface area contributed by atoms with E-state index in [9.17, 15) is 4.79 Å². The van der Waals surface area contributed by atoms with Gasteiger partial charge < -0.3 is 15.3 Å². The smallest absolute Gasteiger partial charge is 0.306 e. The molecule has 0 unspecified atom stereocenters. The number of carboxylic acids is 1. The lowest BCUT2D eigenvalue weighted by Gasteiger charge is -2.29. The van der Waals surface area contributed by atoms with Crippen LogP contribution in [0.4, 0.5) is 5.95 Å². The molecule has 0 atom stereocenters. The van der Waals surface area contributed by atoms with E-state index >= 15 is 0 Å². The van der Waals surface area contributed by atoms with Gasteiger partial charge in [-0.2, -0.15) is 0 Å². The topological polar surface area (TPSA) is 78.4 Å². The normalized spacial score (nSPS) is 16.9. The van der Waals surface area contributed by atoms with Gasteiger partial charge in [-0.15, -0.1) is 0 Å². The highest BCUT2D eigenvalue weighted by Gasteiger charge is 2.23. The number of piperidine rings is 1. The average Bonchev–Trinajstić information content (AvgIpc) is 2.47. The minimum Gasteiger partial charge on any atom is -0.481 e. The Bertz CT molecular complexity index is 485. The summed E-state index contributed by atoms with van der Waals surface area (Å²) >= 11 is 0. The van der Waals surface area contributed by atoms with Crippen molar-refractivity contribution in [3.05, 3.63) is 17.5 Å². The third kappa shape index (κ3) is 4.67. The molecule has 0 amide bonds. The molecule has 6 heteroatoms. The molecule has 1 aromatic heterocycles. The summed E-state index contributed by atoms with van der Waals surface area (Å²) in [6.45, 7) is 7.58. The molecule has 0 aliphatic carbocycles. The molecule has 0 aromatic carbocycles. The minimum atomic E-state index is -0.650. The first-order valence-electron chi connectivity index (χ1n) is 7.55. The van der Waals surface area contributed by atoms with Crippen molar-refractivity contribution < 1.29 is 9.90 Å². The van der Waals surface area contributed by atoms with Crippen LogP contribution in [0.15, 0.2) is 6.20 Å². The molecule has 1 fully saturated rings. The molecule has 116 valence electrons. The predicted molar refractivity (Wildman–Crippen MR) is 81.4 cm³/mol. The molecule has 21 heavy (non-hydrogen) atoms. The van der Waals surface area contributed by atoms with Crippen molar-refractivity contribution in [3.63, 3.8) is 0 Å². The highest BCUT2D eigenvalue weighted by Crippen LogP contribution is 2.17. The standard InChI is InChI=1S/C15H24N4O2/c1-11-10-17-15(18-12(11)2)16-6-3-7-19-8-4-13(5-9-19)14(20)21/h10,13H,3-9H2,1-2H3,(H,20,21)(H,16,17,18). The highest BCUT2D eigenvalue weighted by atomic mass is 16.4. The Morgan fingerprint density at radius 1 is 1.43 bits per heavy atom. The number of hydrogen-bond acceptors (Lipinski definition) is 5. The van der Waals surface area contributed by atoms with E-state index in [-0.39, 0.29) is 5.92 Å². The summed E-state index contributed by atoms with van der Waals surface area (Å²) in [7, 11) is 0. The number of carbonyl (C=O) groups is 1. The first kappa shape index (κ1) is 15.7. The van der Waals surface area contributed by atoms with E-state index in [1.165, 1.54) is 0 Å². The summed E-state index contributed by atoms with van der Waals surface area (Å²) in [5, 5.41) is 12.2. The van der Waals surface area contributed by atoms with Gasteiger partial charge in [0.1, 0.15) is 0 Å². The third-order valence-electron chi connectivity index (χ3n) is 4.10. The maximum atomic E-state index is 10.9. The summed E-state index contributed by atoms with van der Waals surface area (Å²) in [4.78, 5) is 21.9. The Labute approximate surface area is 125 Å². The number of anilines is 1. The number of hydrogen-bond donors (Lipinski definition) is 2. The first-order chi connectivity index (χ1) is 10.1. The van der Waals surface area contributed by atoms with E-state index in [0.29, 0.717) is 5.95 Å². The number of nitrogens with one attached hydrogen (secondary N) is 1. The Hall–Kier alpha value is -1.69. The number of rotatable bonds is 6. The summed E-state index contributed by atoms with van der Waals surface area (Å²) in [5.74, 6) is -0.116. The molecule has 2 rings (SSSR count). The molecule has 2 heterocycles. The molecule has 2 N–H and O–H groups in total. The molecule has 0 spiro atoms. The van der Waals surface area contributed by atoms with E-state index in [1.54, 1.807) is 0 Å². The van der Waals surface area contributed by atoms with Crippen LogP contribution in [0.3, 0.4) is 0 Å². The molecule has 6 nitrogen and oxygen atoms in total. The largest absolute Gasteiger partial charge is 0.481 e. The molecule has 0 bridgehead atoms. The van der Waals surface area contributed by atoms with Gasteiger partial charge in [0, 0.05) is 18.4 Å². The van der Waals surface area contributed by atoms with Crippen LogP contribution in [0, 0.1) is 19.8 Å². The minimum absolute atomic E-state index is 0.150. The Kier molecular flexibility index (Phi) is 5.50. The van der Waals surface area contributed by atoms with Crippen molar-refractivity contribution in [1.29, 1.82) is 0 Å². The lowest BCUT2D eigenvalue weighted by molar-refractivity contribution is -0.143. The molecule has 1 aliphatic rings. The molecule has 1 aliphatic heterocycles. The van der Waals surface area contributed by atoms with Crippen molar-refractivity contribution in [1.82, 2.24) is 14.9 Å². The van der Waals surface area contributed by atoms with E-state index in [0.717, 1.165) is 56.7 Å². The zero-order valence-electron chi connectivity index (χ0n) is 12.8. The van der Waals surface area contributed by atoms with E-state index in [1.807, 2.05) is 20.0 Å². The molecular weight excluding hydrogens is 268 g/mol. The van der Waals surface area contributed by atoms with Crippen molar-refractivity contribution in [2.75, 3.05) is 31.5 Å². The Morgan fingerprint density at radius 2 is 2.14 bits per heavy atom. The van der Waals surface area contributed by atoms with Crippen LogP contribution >= 0.6 is 0 Å². The quantitative estimate of drug-likeness (QED) is 0.777. The first-order valence-corrected chi connectivity index (χ1v) is 7.55. The average molecular weight is 292 g/mol. The van der Waals surface area contributed by atoms with Crippen LogP contribution in [0.1, 0.15) is 30.5 Å². The van der Waals surface area contributed by atoms with Gasteiger partial charge in [0.05, 0.1) is 5.92 Å². The second-order valence-corrected chi connectivity index (χ2v) is 5.70. The van der Waals surface area contributed by atoms with E-state index < -0.39 is 5.97 Å². The van der Waals surface area contributed by atoms with Gasteiger partial charge in [-0.05, 0) is 58.3 Å². The van der Waals surface area contributed by atoms with Gasteiger partial charge in [-0.1, -0.05) is 0 Å². The molecule has 0 radical (unpaired) electrons. The van der Waals surface area contributed by atoms with Crippen LogP contribution in [0.25, 0.3) is 0 Å². The second kappa shape index (κ2) is 7.36. The van der Waals surface area contributed by atoms with Crippen molar-refractivity contribution >= 4 is 11.9 Å². The number of aryl methyl sites for hydroxylation is 2. The molecule has 1 saturated heterocycles. The van der Waals surface area contributed by atoms with Crippen LogP contribution in [0.2, 0.25) is 0 Å². The van der Waals surface area contributed by atoms with Crippen LogP contribution in [-0.2, 0) is 4.79 Å². The molecule has 1 aromatic rings. The van der Waals surface area contributed by atoms with Gasteiger partial charge in [-0.3, -0.25) is 4.79 Å². The lowest BCUT2D eigenvalue weighted by atomic mass is 9.97. The summed E-state index contributed by atoms with van der Waals surface area (Å²) in [6, 6.07) is 0. The fourth-order valence-electron chi connectivity index (χ4n) is 2.52. The summed E-state index contributed by atoms with van der Waals surface area (Å²) in [6.07, 6.45) is 4.38. The number of nitrogens with zero attached hydrogens (tertiary/aromatic N) is 3. The lowest BCUT2D eigenvalue weighted by Crippen LogP contribution is -2.37.